The van der Waals surface area contributed by atoms with Gasteiger partial charge in [-0.25, -0.2) is 4.79 Å². The van der Waals surface area contributed by atoms with Gasteiger partial charge in [0.05, 0.1) is 6.61 Å². The zero-order chi connectivity index (χ0) is 12.0. The molecule has 0 amide bonds. The molecule has 0 aliphatic heterocycles. The van der Waals surface area contributed by atoms with E-state index >= 15 is 0 Å². The third kappa shape index (κ3) is 3.10. The number of hydrogen-bond donors (Lipinski definition) is 1. The molecule has 1 heterocycles. The van der Waals surface area contributed by atoms with Crippen molar-refractivity contribution in [3.8, 4) is 6.07 Å². The van der Waals surface area contributed by atoms with Gasteiger partial charge in [-0.3, -0.25) is 4.79 Å². The first-order valence-electron chi connectivity index (χ1n) is 4.65. The van der Waals surface area contributed by atoms with Crippen LogP contribution in [0.1, 0.15) is 18.1 Å². The van der Waals surface area contributed by atoms with Crippen LogP contribution in [0.25, 0.3) is 6.08 Å². The van der Waals surface area contributed by atoms with Crippen molar-refractivity contribution in [2.24, 2.45) is 0 Å². The summed E-state index contributed by atoms with van der Waals surface area (Å²) in [6.07, 6.45) is 4.12. The van der Waals surface area contributed by atoms with Crippen LogP contribution in [0, 0.1) is 11.3 Å². The van der Waals surface area contributed by atoms with Crippen LogP contribution in [0.3, 0.4) is 0 Å². The zero-order valence-electron chi connectivity index (χ0n) is 8.69. The number of nitriles is 1. The number of esters is 1. The molecule has 1 rings (SSSR count). The van der Waals surface area contributed by atoms with Gasteiger partial charge in [-0.2, -0.15) is 5.26 Å². The summed E-state index contributed by atoms with van der Waals surface area (Å²) < 4.78 is 4.68. The average molecular weight is 218 g/mol. The number of aromatic nitrogens is 1. The fraction of sp³-hybridized carbons (Fsp3) is 0.182. The van der Waals surface area contributed by atoms with Gasteiger partial charge in [-0.15, -0.1) is 0 Å². The molecule has 0 aromatic carbocycles. The quantitative estimate of drug-likeness (QED) is 0.601. The van der Waals surface area contributed by atoms with Crippen molar-refractivity contribution in [1.82, 2.24) is 4.98 Å². The second kappa shape index (κ2) is 5.51. The minimum Gasteiger partial charge on any atom is -0.463 e. The van der Waals surface area contributed by atoms with Gasteiger partial charge in [-0.1, -0.05) is 0 Å². The zero-order valence-corrected chi connectivity index (χ0v) is 8.69. The highest BCUT2D eigenvalue weighted by Crippen LogP contribution is 2.00. The van der Waals surface area contributed by atoms with Crippen molar-refractivity contribution in [3.05, 3.63) is 39.8 Å². The van der Waals surface area contributed by atoms with Gasteiger partial charge >= 0.3 is 5.97 Å². The molecule has 16 heavy (non-hydrogen) atoms. The lowest BCUT2D eigenvalue weighted by Crippen LogP contribution is -2.09. The van der Waals surface area contributed by atoms with Crippen LogP contribution >= 0.6 is 0 Å². The monoisotopic (exact) mass is 218 g/mol. The van der Waals surface area contributed by atoms with Crippen LogP contribution in [0.5, 0.6) is 0 Å². The maximum atomic E-state index is 11.0. The van der Waals surface area contributed by atoms with E-state index in [0.29, 0.717) is 12.2 Å². The van der Waals surface area contributed by atoms with Gasteiger partial charge in [0.15, 0.2) is 0 Å². The first kappa shape index (κ1) is 11.7. The van der Waals surface area contributed by atoms with Crippen LogP contribution < -0.4 is 5.56 Å². The Morgan fingerprint density at radius 1 is 1.69 bits per heavy atom. The van der Waals surface area contributed by atoms with Crippen LogP contribution in [0.2, 0.25) is 0 Å². The first-order valence-corrected chi connectivity index (χ1v) is 4.65. The molecular weight excluding hydrogens is 208 g/mol. The third-order valence-corrected chi connectivity index (χ3v) is 1.74. The summed E-state index contributed by atoms with van der Waals surface area (Å²) in [4.78, 5) is 24.4. The molecule has 0 saturated heterocycles. The van der Waals surface area contributed by atoms with Crippen LogP contribution in [0.4, 0.5) is 0 Å². The molecule has 0 radical (unpaired) electrons. The number of ether oxygens (including phenoxy) is 1. The van der Waals surface area contributed by atoms with E-state index in [1.165, 1.54) is 24.4 Å². The number of nitrogens with zero attached hydrogens (tertiary/aromatic N) is 1. The van der Waals surface area contributed by atoms with E-state index in [4.69, 9.17) is 5.26 Å². The largest absolute Gasteiger partial charge is 0.463 e. The number of rotatable bonds is 3. The summed E-state index contributed by atoms with van der Waals surface area (Å²) >= 11 is 0. The number of carbonyl (C=O) groups is 1. The van der Waals surface area contributed by atoms with Crippen molar-refractivity contribution in [1.29, 1.82) is 5.26 Å². The summed E-state index contributed by atoms with van der Waals surface area (Å²) in [5, 5.41) is 8.62. The van der Waals surface area contributed by atoms with Crippen molar-refractivity contribution in [2.75, 3.05) is 6.61 Å². The predicted molar refractivity (Wildman–Crippen MR) is 57.4 cm³/mol. The second-order valence-electron chi connectivity index (χ2n) is 2.87. The molecule has 0 bridgehead atoms. The molecular formula is C11H10N2O3. The third-order valence-electron chi connectivity index (χ3n) is 1.74. The highest BCUT2D eigenvalue weighted by atomic mass is 16.5. The lowest BCUT2D eigenvalue weighted by atomic mass is 10.2. The van der Waals surface area contributed by atoms with Gasteiger partial charge < -0.3 is 9.72 Å². The molecule has 0 aliphatic rings. The Hall–Kier alpha value is -2.35. The molecule has 0 aliphatic carbocycles. The van der Waals surface area contributed by atoms with Crippen molar-refractivity contribution < 1.29 is 9.53 Å². The molecule has 5 nitrogen and oxygen atoms in total. The van der Waals surface area contributed by atoms with Gasteiger partial charge in [0, 0.05) is 12.3 Å². The van der Waals surface area contributed by atoms with E-state index < -0.39 is 11.5 Å². The number of aromatic amines is 1. The lowest BCUT2D eigenvalue weighted by Gasteiger charge is -1.95. The molecule has 1 aromatic heterocycles. The van der Waals surface area contributed by atoms with Gasteiger partial charge in [-0.05, 0) is 24.6 Å². The normalized spacial score (nSPS) is 10.0. The second-order valence-corrected chi connectivity index (χ2v) is 2.87. The number of pyridine rings is 1. The van der Waals surface area contributed by atoms with Crippen LogP contribution in [-0.4, -0.2) is 17.6 Å². The van der Waals surface area contributed by atoms with Crippen LogP contribution in [0.15, 0.2) is 23.1 Å². The molecule has 0 unspecified atom stereocenters. The Morgan fingerprint density at radius 2 is 2.44 bits per heavy atom. The number of nitrogens with one attached hydrogen (secondary N) is 1. The maximum Gasteiger partial charge on any atom is 0.330 e. The summed E-state index contributed by atoms with van der Waals surface area (Å²) in [5.41, 5.74) is 0.117. The van der Waals surface area contributed by atoms with E-state index in [-0.39, 0.29) is 5.56 Å². The molecule has 0 saturated carbocycles. The topological polar surface area (TPSA) is 83.0 Å². The van der Waals surface area contributed by atoms with E-state index in [2.05, 4.69) is 9.72 Å². The minimum atomic E-state index is -0.466. The molecule has 5 heteroatoms. The fourth-order valence-corrected chi connectivity index (χ4v) is 1.03. The van der Waals surface area contributed by atoms with Gasteiger partial charge in [0.1, 0.15) is 11.6 Å². The van der Waals surface area contributed by atoms with Gasteiger partial charge in [0.2, 0.25) is 0 Å². The van der Waals surface area contributed by atoms with Crippen molar-refractivity contribution >= 4 is 12.0 Å². The number of carbonyl (C=O) groups excluding carboxylic acids is 1. The SMILES string of the molecule is CCOC(=O)C=Cc1c[nH]c(=O)c(C#N)c1. The van der Waals surface area contributed by atoms with Crippen molar-refractivity contribution in [2.45, 2.75) is 6.92 Å². The van der Waals surface area contributed by atoms with E-state index in [9.17, 15) is 9.59 Å². The number of H-pyrrole nitrogens is 1. The first-order chi connectivity index (χ1) is 7.67. The Kier molecular flexibility index (Phi) is 4.04. The minimum absolute atomic E-state index is 0.00556. The smallest absolute Gasteiger partial charge is 0.330 e. The molecule has 0 fully saturated rings. The van der Waals surface area contributed by atoms with E-state index in [0.717, 1.165) is 0 Å². The van der Waals surface area contributed by atoms with E-state index in [1.54, 1.807) is 13.0 Å². The Labute approximate surface area is 92.0 Å². The Bertz CT molecular complexity index is 509. The predicted octanol–water partition coefficient (Wildman–Crippen LogP) is 0.823. The summed E-state index contributed by atoms with van der Waals surface area (Å²) in [6, 6.07) is 3.15. The summed E-state index contributed by atoms with van der Waals surface area (Å²) in [6.45, 7) is 2.01. The van der Waals surface area contributed by atoms with Crippen molar-refractivity contribution in [3.63, 3.8) is 0 Å². The average Bonchev–Trinajstić information content (AvgIpc) is 2.28. The summed E-state index contributed by atoms with van der Waals surface area (Å²) in [5.74, 6) is -0.466. The highest BCUT2D eigenvalue weighted by Gasteiger charge is 1.99. The lowest BCUT2D eigenvalue weighted by molar-refractivity contribution is -0.137. The van der Waals surface area contributed by atoms with Gasteiger partial charge in [0.25, 0.3) is 5.56 Å². The maximum absolute atomic E-state index is 11.0. The van der Waals surface area contributed by atoms with Crippen LogP contribution in [-0.2, 0) is 9.53 Å². The Morgan fingerprint density at radius 3 is 3.06 bits per heavy atom. The summed E-state index contributed by atoms with van der Waals surface area (Å²) in [7, 11) is 0. The number of hydrogen-bond acceptors (Lipinski definition) is 4. The highest BCUT2D eigenvalue weighted by molar-refractivity contribution is 5.86. The Balaban J connectivity index is 2.87. The molecule has 82 valence electrons. The standard InChI is InChI=1S/C11H10N2O3/c1-2-16-10(14)4-3-8-5-9(6-12)11(15)13-7-8/h3-5,7H,2H2,1H3,(H,13,15). The molecule has 0 spiro atoms. The molecule has 1 N–H and O–H groups in total. The molecule has 0 atom stereocenters. The van der Waals surface area contributed by atoms with E-state index in [1.807, 2.05) is 0 Å². The molecule has 1 aromatic rings. The fourth-order valence-electron chi connectivity index (χ4n) is 1.03.